The van der Waals surface area contributed by atoms with E-state index in [0.29, 0.717) is 62.2 Å². The van der Waals surface area contributed by atoms with Gasteiger partial charge in [-0.05, 0) is 49.6 Å². The summed E-state index contributed by atoms with van der Waals surface area (Å²) in [7, 11) is 0. The summed E-state index contributed by atoms with van der Waals surface area (Å²) >= 11 is 0. The molecule has 0 aromatic heterocycles. The highest BCUT2D eigenvalue weighted by Gasteiger charge is 2.25. The number of nitrogens with zero attached hydrogens (tertiary/aromatic N) is 2. The average molecular weight is 576 g/mol. The van der Waals surface area contributed by atoms with E-state index in [9.17, 15) is 13.2 Å². The minimum absolute atomic E-state index is 0. The summed E-state index contributed by atoms with van der Waals surface area (Å²) in [6.45, 7) is 4.84. The number of benzene rings is 2. The van der Waals surface area contributed by atoms with Gasteiger partial charge in [0.15, 0.2) is 12.8 Å². The minimum atomic E-state index is -0.584. The van der Waals surface area contributed by atoms with Crippen LogP contribution >= 0.6 is 24.0 Å². The van der Waals surface area contributed by atoms with Crippen LogP contribution in [-0.2, 0) is 17.8 Å². The largest absolute Gasteiger partial charge is 0.467 e. The summed E-state index contributed by atoms with van der Waals surface area (Å²) in [5.74, 6) is -0.135. The molecule has 1 unspecified atom stereocenters. The molecule has 180 valence electrons. The van der Waals surface area contributed by atoms with Crippen LogP contribution in [-0.4, -0.2) is 45.0 Å². The third kappa shape index (κ3) is 6.44. The van der Waals surface area contributed by atoms with Crippen LogP contribution < -0.4 is 20.3 Å². The van der Waals surface area contributed by atoms with Gasteiger partial charge in [-0.1, -0.05) is 0 Å². The number of guanidine groups is 1. The second-order valence-electron chi connectivity index (χ2n) is 7.85. The standard InChI is InChI=1S/C23H27F3N4O2.HI/c1-2-27-23(28-7-5-15-9-18(25)10-16-13-31-14-32-22(15)16)29-19-6-8-30(12-19)21-4-3-17(24)11-20(21)26;/h3-4,9-11,19H,2,5-8,12-14H2,1H3,(H2,27,28,29);1H. The summed E-state index contributed by atoms with van der Waals surface area (Å²) < 4.78 is 52.0. The molecule has 0 bridgehead atoms. The molecule has 1 saturated heterocycles. The number of rotatable bonds is 6. The van der Waals surface area contributed by atoms with Crippen LogP contribution in [0.2, 0.25) is 0 Å². The Hall–Kier alpha value is -2.21. The van der Waals surface area contributed by atoms with Gasteiger partial charge >= 0.3 is 0 Å². The molecule has 0 amide bonds. The van der Waals surface area contributed by atoms with Crippen LogP contribution in [0.15, 0.2) is 35.3 Å². The Morgan fingerprint density at radius 3 is 2.82 bits per heavy atom. The third-order valence-corrected chi connectivity index (χ3v) is 5.53. The predicted molar refractivity (Wildman–Crippen MR) is 132 cm³/mol. The van der Waals surface area contributed by atoms with Gasteiger partial charge in [-0.3, -0.25) is 4.99 Å². The maximum absolute atomic E-state index is 14.1. The number of anilines is 1. The van der Waals surface area contributed by atoms with E-state index in [0.717, 1.165) is 18.1 Å². The molecule has 0 aliphatic carbocycles. The molecule has 2 aliphatic heterocycles. The van der Waals surface area contributed by atoms with E-state index in [-0.39, 0.29) is 42.6 Å². The van der Waals surface area contributed by atoms with Gasteiger partial charge in [0, 0.05) is 43.9 Å². The van der Waals surface area contributed by atoms with Crippen molar-refractivity contribution in [3.8, 4) is 5.75 Å². The molecular weight excluding hydrogens is 548 g/mol. The van der Waals surface area contributed by atoms with Crippen LogP contribution in [0, 0.1) is 17.5 Å². The van der Waals surface area contributed by atoms with Crippen LogP contribution in [0.25, 0.3) is 0 Å². The average Bonchev–Trinajstić information content (AvgIpc) is 3.21. The van der Waals surface area contributed by atoms with E-state index >= 15 is 0 Å². The highest BCUT2D eigenvalue weighted by molar-refractivity contribution is 14.0. The lowest BCUT2D eigenvalue weighted by molar-refractivity contribution is -0.0172. The van der Waals surface area contributed by atoms with Crippen molar-refractivity contribution in [2.75, 3.05) is 37.9 Å². The zero-order valence-electron chi connectivity index (χ0n) is 18.4. The fraction of sp³-hybridized carbons (Fsp3) is 0.435. The Labute approximate surface area is 208 Å². The van der Waals surface area contributed by atoms with Gasteiger partial charge < -0.3 is 25.0 Å². The Morgan fingerprint density at radius 2 is 2.03 bits per heavy atom. The second kappa shape index (κ2) is 11.8. The van der Waals surface area contributed by atoms with Crippen LogP contribution in [0.5, 0.6) is 5.75 Å². The zero-order chi connectivity index (χ0) is 22.5. The molecule has 6 nitrogen and oxygen atoms in total. The van der Waals surface area contributed by atoms with E-state index in [4.69, 9.17) is 9.47 Å². The number of ether oxygens (including phenoxy) is 2. The van der Waals surface area contributed by atoms with Gasteiger partial charge in [0.05, 0.1) is 12.3 Å². The van der Waals surface area contributed by atoms with Crippen LogP contribution in [0.4, 0.5) is 18.9 Å². The van der Waals surface area contributed by atoms with E-state index in [2.05, 4.69) is 15.6 Å². The van der Waals surface area contributed by atoms with Crippen molar-refractivity contribution in [1.29, 1.82) is 0 Å². The van der Waals surface area contributed by atoms with Gasteiger partial charge in [0.2, 0.25) is 0 Å². The molecule has 2 N–H and O–H groups in total. The minimum Gasteiger partial charge on any atom is -0.467 e. The van der Waals surface area contributed by atoms with Gasteiger partial charge in [-0.25, -0.2) is 13.2 Å². The van der Waals surface area contributed by atoms with Crippen molar-refractivity contribution < 1.29 is 22.6 Å². The first-order valence-corrected chi connectivity index (χ1v) is 10.8. The molecule has 1 fully saturated rings. The molecule has 1 atom stereocenters. The molecular formula is C23H28F3IN4O2. The van der Waals surface area contributed by atoms with Crippen molar-refractivity contribution in [2.45, 2.75) is 32.4 Å². The smallest absolute Gasteiger partial charge is 0.191 e. The maximum Gasteiger partial charge on any atom is 0.191 e. The number of hydrogen-bond acceptors (Lipinski definition) is 4. The van der Waals surface area contributed by atoms with Crippen molar-refractivity contribution in [3.05, 3.63) is 58.9 Å². The number of fused-ring (bicyclic) bond motifs is 1. The number of aliphatic imine (C=N–C) groups is 1. The monoisotopic (exact) mass is 576 g/mol. The Balaban J connectivity index is 0.00000306. The summed E-state index contributed by atoms with van der Waals surface area (Å²) in [5, 5.41) is 6.60. The molecule has 33 heavy (non-hydrogen) atoms. The van der Waals surface area contributed by atoms with Gasteiger partial charge in [0.1, 0.15) is 23.2 Å². The SMILES string of the molecule is CCNC(=NCCc1cc(F)cc2c1OCOC2)NC1CCN(c2ccc(F)cc2F)C1.I. The normalized spacial score (nSPS) is 17.8. The number of hydrogen-bond donors (Lipinski definition) is 2. The topological polar surface area (TPSA) is 58.1 Å². The summed E-state index contributed by atoms with van der Waals surface area (Å²) in [5.41, 5.74) is 1.87. The van der Waals surface area contributed by atoms with Crippen LogP contribution in [0.1, 0.15) is 24.5 Å². The van der Waals surface area contributed by atoms with Gasteiger partial charge in [-0.15, -0.1) is 24.0 Å². The summed E-state index contributed by atoms with van der Waals surface area (Å²) in [6, 6.07) is 6.63. The Morgan fingerprint density at radius 1 is 1.18 bits per heavy atom. The van der Waals surface area contributed by atoms with E-state index in [1.807, 2.05) is 11.8 Å². The Kier molecular flexibility index (Phi) is 9.07. The molecule has 2 aromatic rings. The van der Waals surface area contributed by atoms with E-state index in [1.165, 1.54) is 24.3 Å². The van der Waals surface area contributed by atoms with Crippen molar-refractivity contribution >= 4 is 35.6 Å². The third-order valence-electron chi connectivity index (χ3n) is 5.53. The second-order valence-corrected chi connectivity index (χ2v) is 7.85. The van der Waals surface area contributed by atoms with Crippen LogP contribution in [0.3, 0.4) is 0 Å². The van der Waals surface area contributed by atoms with Gasteiger partial charge in [-0.2, -0.15) is 0 Å². The fourth-order valence-electron chi connectivity index (χ4n) is 4.08. The van der Waals surface area contributed by atoms with Gasteiger partial charge in [0.25, 0.3) is 0 Å². The molecule has 10 heteroatoms. The number of nitrogens with one attached hydrogen (secondary N) is 2. The first-order valence-electron chi connectivity index (χ1n) is 10.8. The fourth-order valence-corrected chi connectivity index (χ4v) is 4.08. The summed E-state index contributed by atoms with van der Waals surface area (Å²) in [6.07, 6.45) is 1.32. The van der Waals surface area contributed by atoms with Crippen molar-refractivity contribution in [3.63, 3.8) is 0 Å². The lowest BCUT2D eigenvalue weighted by Crippen LogP contribution is -2.44. The molecule has 0 spiro atoms. The molecule has 0 radical (unpaired) electrons. The molecule has 2 heterocycles. The first kappa shape index (κ1) is 25.4. The van der Waals surface area contributed by atoms with E-state index < -0.39 is 11.6 Å². The molecule has 4 rings (SSSR count). The first-order chi connectivity index (χ1) is 15.5. The maximum atomic E-state index is 14.1. The number of halogens is 4. The lowest BCUT2D eigenvalue weighted by atomic mass is 10.1. The molecule has 2 aromatic carbocycles. The molecule has 2 aliphatic rings. The highest BCUT2D eigenvalue weighted by Crippen LogP contribution is 2.30. The van der Waals surface area contributed by atoms with Crippen molar-refractivity contribution in [1.82, 2.24) is 10.6 Å². The van der Waals surface area contributed by atoms with Crippen molar-refractivity contribution in [2.24, 2.45) is 4.99 Å². The van der Waals surface area contributed by atoms with E-state index in [1.54, 1.807) is 0 Å². The predicted octanol–water partition coefficient (Wildman–Crippen LogP) is 3.96. The highest BCUT2D eigenvalue weighted by atomic mass is 127. The lowest BCUT2D eigenvalue weighted by Gasteiger charge is -2.21. The molecule has 0 saturated carbocycles. The zero-order valence-corrected chi connectivity index (χ0v) is 20.7. The quantitative estimate of drug-likeness (QED) is 0.310. The summed E-state index contributed by atoms with van der Waals surface area (Å²) in [4.78, 5) is 6.52. The Bertz CT molecular complexity index is 992.